The fourth-order valence-corrected chi connectivity index (χ4v) is 4.02. The van der Waals surface area contributed by atoms with E-state index < -0.39 is 0 Å². The largest absolute Gasteiger partial charge is 0.482 e. The Balaban J connectivity index is 1.76. The number of nitrogens with one attached hydrogen (secondary N) is 1. The fourth-order valence-electron chi connectivity index (χ4n) is 4.02. The molecule has 1 fully saturated rings. The predicted molar refractivity (Wildman–Crippen MR) is 107 cm³/mol. The molecule has 1 saturated carbocycles. The summed E-state index contributed by atoms with van der Waals surface area (Å²) < 4.78 is 5.57. The summed E-state index contributed by atoms with van der Waals surface area (Å²) in [4.78, 5) is 26.8. The average Bonchev–Trinajstić information content (AvgIpc) is 2.60. The minimum atomic E-state index is -0.172. The summed E-state index contributed by atoms with van der Waals surface area (Å²) in [6, 6.07) is 6.10. The molecule has 3 atom stereocenters. The van der Waals surface area contributed by atoms with E-state index in [1.165, 1.54) is 6.42 Å². The summed E-state index contributed by atoms with van der Waals surface area (Å²) in [5.74, 6) is 1.47. The first kappa shape index (κ1) is 19.7. The molecule has 148 valence electrons. The Labute approximate surface area is 162 Å². The molecule has 2 aliphatic rings. The molecule has 5 nitrogen and oxygen atoms in total. The second-order valence-corrected chi connectivity index (χ2v) is 9.14. The van der Waals surface area contributed by atoms with Gasteiger partial charge in [0.1, 0.15) is 12.3 Å². The standard InChI is InChI=1S/C22H32N2O3/c1-14-7-6-8-17(15(14)2)23-20(25)12-24-18-11-16(22(3,4)5)9-10-19(18)27-13-21(24)26/h9-11,14-15,17H,6-8,12-13H2,1-5H3,(H,23,25)/t14-,15-,17-/m1/s1. The first-order valence-corrected chi connectivity index (χ1v) is 10.0. The third-order valence-corrected chi connectivity index (χ3v) is 6.12. The molecule has 1 aliphatic carbocycles. The molecule has 0 aromatic heterocycles. The summed E-state index contributed by atoms with van der Waals surface area (Å²) in [5.41, 5.74) is 1.76. The molecule has 0 radical (unpaired) electrons. The highest BCUT2D eigenvalue weighted by Gasteiger charge is 2.32. The highest BCUT2D eigenvalue weighted by atomic mass is 16.5. The minimum absolute atomic E-state index is 0.0218. The lowest BCUT2D eigenvalue weighted by Crippen LogP contribution is -2.50. The van der Waals surface area contributed by atoms with Crippen molar-refractivity contribution in [2.24, 2.45) is 11.8 Å². The molecular formula is C22H32N2O3. The van der Waals surface area contributed by atoms with E-state index >= 15 is 0 Å². The molecule has 0 unspecified atom stereocenters. The summed E-state index contributed by atoms with van der Waals surface area (Å²) >= 11 is 0. The highest BCUT2D eigenvalue weighted by Crippen LogP contribution is 2.36. The molecule has 0 spiro atoms. The van der Waals surface area contributed by atoms with E-state index in [2.05, 4.69) is 39.9 Å². The van der Waals surface area contributed by atoms with Gasteiger partial charge in [-0.3, -0.25) is 14.5 Å². The topological polar surface area (TPSA) is 58.6 Å². The van der Waals surface area contributed by atoms with Gasteiger partial charge in [-0.15, -0.1) is 0 Å². The van der Waals surface area contributed by atoms with E-state index in [-0.39, 0.29) is 36.4 Å². The van der Waals surface area contributed by atoms with Crippen LogP contribution < -0.4 is 15.0 Å². The molecule has 1 aliphatic heterocycles. The number of rotatable bonds is 3. The van der Waals surface area contributed by atoms with E-state index in [0.29, 0.717) is 23.3 Å². The molecule has 1 heterocycles. The molecule has 5 heteroatoms. The maximum absolute atomic E-state index is 12.7. The lowest BCUT2D eigenvalue weighted by Gasteiger charge is -2.35. The van der Waals surface area contributed by atoms with Crippen molar-refractivity contribution in [3.63, 3.8) is 0 Å². The van der Waals surface area contributed by atoms with Gasteiger partial charge in [-0.05, 0) is 41.4 Å². The van der Waals surface area contributed by atoms with Crippen LogP contribution in [0, 0.1) is 11.8 Å². The SMILES string of the molecule is C[C@@H]1[C@H](C)CCC[C@H]1NC(=O)CN1C(=O)COc2ccc(C(C)(C)C)cc21. The smallest absolute Gasteiger partial charge is 0.265 e. The molecule has 0 saturated heterocycles. The Hall–Kier alpha value is -2.04. The van der Waals surface area contributed by atoms with Gasteiger partial charge in [-0.25, -0.2) is 0 Å². The van der Waals surface area contributed by atoms with Gasteiger partial charge in [0.05, 0.1) is 5.69 Å². The molecule has 0 bridgehead atoms. The van der Waals surface area contributed by atoms with Gasteiger partial charge >= 0.3 is 0 Å². The minimum Gasteiger partial charge on any atom is -0.482 e. The van der Waals surface area contributed by atoms with Crippen molar-refractivity contribution in [3.05, 3.63) is 23.8 Å². The van der Waals surface area contributed by atoms with Gasteiger partial charge in [-0.2, -0.15) is 0 Å². The van der Waals surface area contributed by atoms with Gasteiger partial charge in [0, 0.05) is 6.04 Å². The Kier molecular flexibility index (Phi) is 5.50. The van der Waals surface area contributed by atoms with Crippen LogP contribution in [0.3, 0.4) is 0 Å². The maximum atomic E-state index is 12.7. The summed E-state index contributed by atoms with van der Waals surface area (Å²) in [6.45, 7) is 10.9. The van der Waals surface area contributed by atoms with Crippen LogP contribution in [0.2, 0.25) is 0 Å². The number of nitrogens with zero attached hydrogens (tertiary/aromatic N) is 1. The lowest BCUT2D eigenvalue weighted by molar-refractivity contribution is -0.126. The monoisotopic (exact) mass is 372 g/mol. The van der Waals surface area contributed by atoms with Crippen molar-refractivity contribution in [3.8, 4) is 5.75 Å². The van der Waals surface area contributed by atoms with Gasteiger partial charge in [-0.1, -0.05) is 53.5 Å². The van der Waals surface area contributed by atoms with Gasteiger partial charge in [0.15, 0.2) is 6.61 Å². The van der Waals surface area contributed by atoms with Gasteiger partial charge in [0.2, 0.25) is 5.91 Å². The predicted octanol–water partition coefficient (Wildman–Crippen LogP) is 3.65. The third kappa shape index (κ3) is 4.28. The van der Waals surface area contributed by atoms with E-state index in [4.69, 9.17) is 4.74 Å². The number of hydrogen-bond donors (Lipinski definition) is 1. The molecule has 1 aromatic carbocycles. The van der Waals surface area contributed by atoms with Gasteiger partial charge in [0.25, 0.3) is 5.91 Å². The summed E-state index contributed by atoms with van der Waals surface area (Å²) in [6.07, 6.45) is 3.38. The number of benzene rings is 1. The van der Waals surface area contributed by atoms with E-state index in [1.54, 1.807) is 4.90 Å². The Morgan fingerprint density at radius 1 is 1.26 bits per heavy atom. The average molecular weight is 373 g/mol. The maximum Gasteiger partial charge on any atom is 0.265 e. The number of amides is 2. The Bertz CT molecular complexity index is 723. The van der Waals surface area contributed by atoms with Crippen molar-refractivity contribution >= 4 is 17.5 Å². The molecule has 1 aromatic rings. The first-order valence-electron chi connectivity index (χ1n) is 10.0. The number of hydrogen-bond acceptors (Lipinski definition) is 3. The first-order chi connectivity index (χ1) is 12.7. The van der Waals surface area contributed by atoms with Crippen LogP contribution in [-0.4, -0.2) is 31.0 Å². The molecule has 3 rings (SSSR count). The summed E-state index contributed by atoms with van der Waals surface area (Å²) in [5, 5.41) is 3.17. The van der Waals surface area contributed by atoms with E-state index in [1.807, 2.05) is 18.2 Å². The van der Waals surface area contributed by atoms with Crippen LogP contribution >= 0.6 is 0 Å². The van der Waals surface area contributed by atoms with Crippen molar-refractivity contribution in [1.82, 2.24) is 5.32 Å². The molecule has 1 N–H and O–H groups in total. The van der Waals surface area contributed by atoms with Crippen LogP contribution in [0.5, 0.6) is 5.75 Å². The van der Waals surface area contributed by atoms with E-state index in [9.17, 15) is 9.59 Å². The van der Waals surface area contributed by atoms with Crippen molar-refractivity contribution in [1.29, 1.82) is 0 Å². The molecule has 2 amide bonds. The zero-order valence-corrected chi connectivity index (χ0v) is 17.2. The number of carbonyl (C=O) groups excluding carboxylic acids is 2. The fraction of sp³-hybridized carbons (Fsp3) is 0.636. The number of carbonyl (C=O) groups is 2. The molecular weight excluding hydrogens is 340 g/mol. The van der Waals surface area contributed by atoms with Crippen LogP contribution in [-0.2, 0) is 15.0 Å². The third-order valence-electron chi connectivity index (χ3n) is 6.12. The van der Waals surface area contributed by atoms with Crippen LogP contribution in [0.25, 0.3) is 0 Å². The Morgan fingerprint density at radius 3 is 2.70 bits per heavy atom. The second kappa shape index (κ2) is 7.53. The van der Waals surface area contributed by atoms with Crippen LogP contribution in [0.15, 0.2) is 18.2 Å². The Morgan fingerprint density at radius 2 is 2.00 bits per heavy atom. The number of anilines is 1. The second-order valence-electron chi connectivity index (χ2n) is 9.14. The van der Waals surface area contributed by atoms with Crippen molar-refractivity contribution < 1.29 is 14.3 Å². The normalized spacial score (nSPS) is 25.6. The van der Waals surface area contributed by atoms with Crippen molar-refractivity contribution in [2.75, 3.05) is 18.1 Å². The quantitative estimate of drug-likeness (QED) is 0.881. The zero-order valence-electron chi connectivity index (χ0n) is 17.2. The molecule has 27 heavy (non-hydrogen) atoms. The number of fused-ring (bicyclic) bond motifs is 1. The lowest BCUT2D eigenvalue weighted by atomic mass is 9.78. The van der Waals surface area contributed by atoms with Crippen LogP contribution in [0.4, 0.5) is 5.69 Å². The van der Waals surface area contributed by atoms with E-state index in [0.717, 1.165) is 18.4 Å². The van der Waals surface area contributed by atoms with Gasteiger partial charge < -0.3 is 10.1 Å². The van der Waals surface area contributed by atoms with Crippen LogP contribution in [0.1, 0.15) is 59.4 Å². The highest BCUT2D eigenvalue weighted by molar-refractivity contribution is 6.02. The van der Waals surface area contributed by atoms with Crippen molar-refractivity contribution in [2.45, 2.75) is 65.3 Å². The zero-order chi connectivity index (χ0) is 19.8. The number of ether oxygens (including phenoxy) is 1. The summed E-state index contributed by atoms with van der Waals surface area (Å²) in [7, 11) is 0.